The molecule has 3 nitrogen and oxygen atoms in total. The van der Waals surface area contributed by atoms with Gasteiger partial charge in [-0.15, -0.1) is 0 Å². The summed E-state index contributed by atoms with van der Waals surface area (Å²) in [4.78, 5) is 11.3. The zero-order chi connectivity index (χ0) is 17.9. The van der Waals surface area contributed by atoms with Gasteiger partial charge in [0.25, 0.3) is 0 Å². The first-order valence-corrected chi connectivity index (χ1v) is 8.87. The second-order valence-corrected chi connectivity index (χ2v) is 6.67. The lowest BCUT2D eigenvalue weighted by Gasteiger charge is -2.22. The van der Waals surface area contributed by atoms with Gasteiger partial charge >= 0.3 is 5.97 Å². The molecular weight excluding hydrogens is 324 g/mol. The smallest absolute Gasteiger partial charge is 0.306 e. The highest BCUT2D eigenvalue weighted by Gasteiger charge is 2.24. The van der Waals surface area contributed by atoms with Gasteiger partial charge in [0.1, 0.15) is 11.5 Å². The molecule has 0 fully saturated rings. The topological polar surface area (TPSA) is 46.5 Å². The van der Waals surface area contributed by atoms with Crippen LogP contribution in [0.5, 0.6) is 11.5 Å². The molecule has 1 aliphatic carbocycles. The van der Waals surface area contributed by atoms with Crippen LogP contribution in [0.25, 0.3) is 11.1 Å². The molecule has 1 N–H and O–H groups in total. The highest BCUT2D eigenvalue weighted by molar-refractivity contribution is 5.72. The summed E-state index contributed by atoms with van der Waals surface area (Å²) in [5, 5.41) is 9.30. The van der Waals surface area contributed by atoms with Gasteiger partial charge in [0, 0.05) is 5.56 Å². The van der Waals surface area contributed by atoms with E-state index in [4.69, 9.17) is 4.74 Å². The highest BCUT2D eigenvalue weighted by Crippen LogP contribution is 2.35. The van der Waals surface area contributed by atoms with Crippen LogP contribution >= 0.6 is 0 Å². The Morgan fingerprint density at radius 1 is 0.923 bits per heavy atom. The number of rotatable bonds is 4. The van der Waals surface area contributed by atoms with Crippen LogP contribution in [-0.4, -0.2) is 11.1 Å². The number of hydrogen-bond donors (Lipinski definition) is 1. The normalized spacial score (nSPS) is 15.9. The Morgan fingerprint density at radius 3 is 2.50 bits per heavy atom. The first kappa shape index (κ1) is 16.4. The maximum atomic E-state index is 11.3. The van der Waals surface area contributed by atoms with Crippen molar-refractivity contribution in [2.75, 3.05) is 0 Å². The molecule has 0 bridgehead atoms. The fourth-order valence-electron chi connectivity index (χ4n) is 3.55. The predicted molar refractivity (Wildman–Crippen MR) is 102 cm³/mol. The first-order chi connectivity index (χ1) is 12.7. The van der Waals surface area contributed by atoms with Crippen LogP contribution in [0.4, 0.5) is 0 Å². The fourth-order valence-corrected chi connectivity index (χ4v) is 3.55. The minimum absolute atomic E-state index is 0.297. The molecule has 1 unspecified atom stereocenters. The van der Waals surface area contributed by atoms with Crippen LogP contribution in [-0.2, 0) is 17.6 Å². The van der Waals surface area contributed by atoms with Crippen molar-refractivity contribution in [1.82, 2.24) is 0 Å². The molecule has 26 heavy (non-hydrogen) atoms. The Bertz CT molecular complexity index is 931. The lowest BCUT2D eigenvalue weighted by Crippen LogP contribution is -2.22. The third kappa shape index (κ3) is 3.33. The molecule has 3 aromatic rings. The number of carboxylic acid groups (broad SMARTS) is 1. The van der Waals surface area contributed by atoms with E-state index in [1.807, 2.05) is 54.6 Å². The molecule has 3 heteroatoms. The summed E-state index contributed by atoms with van der Waals surface area (Å²) in [5.74, 6) is 0.535. The number of aliphatic carboxylic acids is 1. The zero-order valence-corrected chi connectivity index (χ0v) is 14.4. The van der Waals surface area contributed by atoms with Gasteiger partial charge < -0.3 is 9.84 Å². The van der Waals surface area contributed by atoms with E-state index >= 15 is 0 Å². The van der Waals surface area contributed by atoms with Crippen LogP contribution in [0.3, 0.4) is 0 Å². The summed E-state index contributed by atoms with van der Waals surface area (Å²) in [6, 6.07) is 24.1. The number of ether oxygens (including phenoxy) is 1. The van der Waals surface area contributed by atoms with E-state index in [-0.39, 0.29) is 5.92 Å². The van der Waals surface area contributed by atoms with Crippen molar-refractivity contribution in [3.05, 3.63) is 83.9 Å². The number of para-hydroxylation sites is 1. The Hall–Kier alpha value is -3.07. The van der Waals surface area contributed by atoms with Crippen LogP contribution in [0, 0.1) is 5.92 Å². The number of aryl methyl sites for hydroxylation is 1. The van der Waals surface area contributed by atoms with Crippen LogP contribution in [0.2, 0.25) is 0 Å². The van der Waals surface area contributed by atoms with Gasteiger partial charge in [0.05, 0.1) is 5.92 Å². The van der Waals surface area contributed by atoms with Crippen molar-refractivity contribution in [2.24, 2.45) is 5.92 Å². The minimum Gasteiger partial charge on any atom is -0.481 e. The Labute approximate surface area is 152 Å². The molecule has 1 atom stereocenters. The number of fused-ring (bicyclic) bond motifs is 1. The maximum Gasteiger partial charge on any atom is 0.306 e. The van der Waals surface area contributed by atoms with Crippen molar-refractivity contribution >= 4 is 5.97 Å². The molecule has 3 aromatic carbocycles. The summed E-state index contributed by atoms with van der Waals surface area (Å²) in [5.41, 5.74) is 4.45. The molecule has 0 saturated heterocycles. The van der Waals surface area contributed by atoms with E-state index in [2.05, 4.69) is 18.2 Å². The van der Waals surface area contributed by atoms with Crippen molar-refractivity contribution < 1.29 is 14.6 Å². The van der Waals surface area contributed by atoms with E-state index < -0.39 is 5.97 Å². The molecule has 0 radical (unpaired) electrons. The van der Waals surface area contributed by atoms with Gasteiger partial charge in [-0.2, -0.15) is 0 Å². The average molecular weight is 344 g/mol. The highest BCUT2D eigenvalue weighted by atomic mass is 16.5. The largest absolute Gasteiger partial charge is 0.481 e. The summed E-state index contributed by atoms with van der Waals surface area (Å²) in [6.07, 6.45) is 2.09. The number of carboxylic acids is 1. The summed E-state index contributed by atoms with van der Waals surface area (Å²) in [6.45, 7) is 0. The third-order valence-corrected chi connectivity index (χ3v) is 4.96. The quantitative estimate of drug-likeness (QED) is 0.695. The molecular formula is C23H20O3. The maximum absolute atomic E-state index is 11.3. The van der Waals surface area contributed by atoms with E-state index in [1.54, 1.807) is 0 Å². The predicted octanol–water partition coefficient (Wildman–Crippen LogP) is 5.34. The van der Waals surface area contributed by atoms with E-state index in [9.17, 15) is 9.90 Å². The van der Waals surface area contributed by atoms with Crippen LogP contribution < -0.4 is 4.74 Å². The average Bonchev–Trinajstić information content (AvgIpc) is 2.68. The van der Waals surface area contributed by atoms with Gasteiger partial charge in [-0.1, -0.05) is 54.6 Å². The number of carbonyl (C=O) groups is 1. The molecule has 1 aliphatic rings. The van der Waals surface area contributed by atoms with Gasteiger partial charge in [-0.05, 0) is 54.2 Å². The molecule has 4 rings (SSSR count). The molecule has 0 amide bonds. The Balaban J connectivity index is 1.63. The van der Waals surface area contributed by atoms with Crippen LogP contribution in [0.15, 0.2) is 72.8 Å². The molecule has 0 aliphatic heterocycles. The number of hydrogen-bond acceptors (Lipinski definition) is 2. The summed E-state index contributed by atoms with van der Waals surface area (Å²) < 4.78 is 6.18. The third-order valence-electron chi connectivity index (χ3n) is 4.96. The van der Waals surface area contributed by atoms with Gasteiger partial charge in [0.15, 0.2) is 0 Å². The summed E-state index contributed by atoms with van der Waals surface area (Å²) >= 11 is 0. The standard InChI is InChI=1S/C23H20O3/c24-23(25)18-11-10-16-12-13-20(15-19(16)14-18)26-22-9-5-4-8-21(22)17-6-2-1-3-7-17/h1-9,12-13,15,18H,10-11,14H2,(H,24,25). The zero-order valence-electron chi connectivity index (χ0n) is 14.4. The Morgan fingerprint density at radius 2 is 1.69 bits per heavy atom. The fraction of sp³-hybridized carbons (Fsp3) is 0.174. The number of benzene rings is 3. The van der Waals surface area contributed by atoms with E-state index in [0.29, 0.717) is 12.8 Å². The second kappa shape index (κ2) is 7.04. The van der Waals surface area contributed by atoms with Crippen molar-refractivity contribution in [1.29, 1.82) is 0 Å². The minimum atomic E-state index is -0.712. The summed E-state index contributed by atoms with van der Waals surface area (Å²) in [7, 11) is 0. The monoisotopic (exact) mass is 344 g/mol. The second-order valence-electron chi connectivity index (χ2n) is 6.67. The van der Waals surface area contributed by atoms with Gasteiger partial charge in [-0.3, -0.25) is 4.79 Å². The van der Waals surface area contributed by atoms with E-state index in [1.165, 1.54) is 5.56 Å². The molecule has 0 aromatic heterocycles. The van der Waals surface area contributed by atoms with E-state index in [0.717, 1.165) is 34.6 Å². The SMILES string of the molecule is O=C(O)C1CCc2ccc(Oc3ccccc3-c3ccccc3)cc2C1. The van der Waals surface area contributed by atoms with Crippen molar-refractivity contribution in [2.45, 2.75) is 19.3 Å². The lowest BCUT2D eigenvalue weighted by molar-refractivity contribution is -0.142. The lowest BCUT2D eigenvalue weighted by atomic mass is 9.84. The van der Waals surface area contributed by atoms with Crippen LogP contribution in [0.1, 0.15) is 17.5 Å². The molecule has 0 heterocycles. The first-order valence-electron chi connectivity index (χ1n) is 8.87. The molecule has 0 spiro atoms. The Kier molecular flexibility index (Phi) is 4.44. The van der Waals surface area contributed by atoms with Gasteiger partial charge in [-0.25, -0.2) is 0 Å². The van der Waals surface area contributed by atoms with Gasteiger partial charge in [0.2, 0.25) is 0 Å². The van der Waals surface area contributed by atoms with Crippen molar-refractivity contribution in [3.63, 3.8) is 0 Å². The molecule has 130 valence electrons. The molecule has 0 saturated carbocycles. The van der Waals surface area contributed by atoms with Crippen molar-refractivity contribution in [3.8, 4) is 22.6 Å².